The topological polar surface area (TPSA) is 29.1 Å². The molecule has 1 aliphatic heterocycles. The Balaban J connectivity index is 2.22. The first kappa shape index (κ1) is 11.3. The number of rotatable bonds is 2. The van der Waals surface area contributed by atoms with Crippen LogP contribution in [-0.2, 0) is 0 Å². The number of carbonyl (C=O) groups is 1. The molecule has 1 N–H and O–H groups in total. The van der Waals surface area contributed by atoms with Crippen molar-refractivity contribution in [2.45, 2.75) is 19.8 Å². The van der Waals surface area contributed by atoms with E-state index in [1.807, 2.05) is 6.92 Å². The van der Waals surface area contributed by atoms with Gasteiger partial charge in [-0.1, -0.05) is 6.07 Å². The summed E-state index contributed by atoms with van der Waals surface area (Å²) in [5, 5.41) is 3.22. The van der Waals surface area contributed by atoms with E-state index in [1.54, 1.807) is 6.07 Å². The fourth-order valence-electron chi connectivity index (χ4n) is 2.16. The van der Waals surface area contributed by atoms with Crippen molar-refractivity contribution in [3.63, 3.8) is 0 Å². The van der Waals surface area contributed by atoms with Crippen molar-refractivity contribution in [3.05, 3.63) is 35.1 Å². The molecule has 0 spiro atoms. The summed E-state index contributed by atoms with van der Waals surface area (Å²) in [6.45, 7) is 3.61. The molecule has 0 aromatic heterocycles. The molecule has 1 saturated heterocycles. The van der Waals surface area contributed by atoms with Gasteiger partial charge in [-0.25, -0.2) is 4.39 Å². The Morgan fingerprint density at radius 3 is 2.75 bits per heavy atom. The van der Waals surface area contributed by atoms with Crippen molar-refractivity contribution in [2.75, 3.05) is 13.1 Å². The van der Waals surface area contributed by atoms with Crippen LogP contribution < -0.4 is 5.32 Å². The van der Waals surface area contributed by atoms with Crippen LogP contribution in [0.1, 0.15) is 28.8 Å². The van der Waals surface area contributed by atoms with Gasteiger partial charge in [0.15, 0.2) is 5.78 Å². The van der Waals surface area contributed by atoms with Gasteiger partial charge in [-0.05, 0) is 50.6 Å². The summed E-state index contributed by atoms with van der Waals surface area (Å²) in [6.07, 6.45) is 1.71. The Morgan fingerprint density at radius 2 is 2.06 bits per heavy atom. The molecule has 0 radical (unpaired) electrons. The van der Waals surface area contributed by atoms with E-state index in [0.717, 1.165) is 31.5 Å². The molecule has 2 nitrogen and oxygen atoms in total. The molecule has 0 aliphatic carbocycles. The zero-order valence-electron chi connectivity index (χ0n) is 9.42. The molecule has 1 aromatic carbocycles. The van der Waals surface area contributed by atoms with Crippen molar-refractivity contribution in [1.29, 1.82) is 0 Å². The Hall–Kier alpha value is -1.22. The molecule has 1 aliphatic rings. The number of aryl methyl sites for hydroxylation is 1. The molecular formula is C13H16FNO. The van der Waals surface area contributed by atoms with Crippen LogP contribution in [0.15, 0.2) is 18.2 Å². The van der Waals surface area contributed by atoms with Crippen molar-refractivity contribution in [2.24, 2.45) is 5.92 Å². The lowest BCUT2D eigenvalue weighted by Gasteiger charge is -2.22. The summed E-state index contributed by atoms with van der Waals surface area (Å²) in [6, 6.07) is 4.43. The van der Waals surface area contributed by atoms with E-state index in [2.05, 4.69) is 5.32 Å². The Labute approximate surface area is 94.9 Å². The number of nitrogens with one attached hydrogen (secondary N) is 1. The average molecular weight is 221 g/mol. The van der Waals surface area contributed by atoms with E-state index in [9.17, 15) is 9.18 Å². The Kier molecular flexibility index (Phi) is 3.34. The first-order valence-corrected chi connectivity index (χ1v) is 5.69. The molecule has 0 saturated carbocycles. The molecule has 1 aromatic rings. The zero-order valence-corrected chi connectivity index (χ0v) is 9.42. The average Bonchev–Trinajstić information content (AvgIpc) is 2.32. The fraction of sp³-hybridized carbons (Fsp3) is 0.462. The van der Waals surface area contributed by atoms with Gasteiger partial charge in [0.25, 0.3) is 0 Å². The van der Waals surface area contributed by atoms with E-state index in [1.165, 1.54) is 12.1 Å². The van der Waals surface area contributed by atoms with Crippen molar-refractivity contribution in [1.82, 2.24) is 5.32 Å². The van der Waals surface area contributed by atoms with Crippen LogP contribution >= 0.6 is 0 Å². The maximum Gasteiger partial charge on any atom is 0.166 e. The molecule has 3 heteroatoms. The highest BCUT2D eigenvalue weighted by Crippen LogP contribution is 2.21. The van der Waals surface area contributed by atoms with Gasteiger partial charge in [-0.15, -0.1) is 0 Å². The number of hydrogen-bond donors (Lipinski definition) is 1. The van der Waals surface area contributed by atoms with Gasteiger partial charge in [0.2, 0.25) is 0 Å². The number of benzene rings is 1. The summed E-state index contributed by atoms with van der Waals surface area (Å²) in [5.41, 5.74) is 1.41. The second-order valence-corrected chi connectivity index (χ2v) is 4.35. The third-order valence-corrected chi connectivity index (χ3v) is 3.18. The van der Waals surface area contributed by atoms with Crippen LogP contribution in [0.2, 0.25) is 0 Å². The quantitative estimate of drug-likeness (QED) is 0.776. The third-order valence-electron chi connectivity index (χ3n) is 3.18. The standard InChI is InChI=1S/C13H16FNO/c1-9-2-3-11(14)8-12(9)13(16)10-4-6-15-7-5-10/h2-3,8,10,15H,4-7H2,1H3. The lowest BCUT2D eigenvalue weighted by atomic mass is 9.88. The van der Waals surface area contributed by atoms with Crippen LogP contribution in [0.5, 0.6) is 0 Å². The predicted octanol–water partition coefficient (Wildman–Crippen LogP) is 2.32. The number of ketones is 1. The van der Waals surface area contributed by atoms with Crippen LogP contribution in [0, 0.1) is 18.7 Å². The molecule has 0 unspecified atom stereocenters. The minimum Gasteiger partial charge on any atom is -0.317 e. The number of Topliss-reactive ketones (excluding diaryl/α,β-unsaturated/α-hetero) is 1. The molecular weight excluding hydrogens is 205 g/mol. The minimum atomic E-state index is -0.331. The maximum atomic E-state index is 13.1. The molecule has 2 rings (SSSR count). The monoisotopic (exact) mass is 221 g/mol. The molecule has 16 heavy (non-hydrogen) atoms. The van der Waals surface area contributed by atoms with Gasteiger partial charge in [-0.2, -0.15) is 0 Å². The molecule has 86 valence electrons. The third kappa shape index (κ3) is 2.30. The normalized spacial score (nSPS) is 17.4. The number of hydrogen-bond acceptors (Lipinski definition) is 2. The maximum absolute atomic E-state index is 13.1. The van der Waals surface area contributed by atoms with Gasteiger partial charge in [-0.3, -0.25) is 4.79 Å². The summed E-state index contributed by atoms with van der Waals surface area (Å²) in [7, 11) is 0. The first-order chi connectivity index (χ1) is 7.68. The number of piperidine rings is 1. The van der Waals surface area contributed by atoms with E-state index < -0.39 is 0 Å². The van der Waals surface area contributed by atoms with Crippen LogP contribution in [-0.4, -0.2) is 18.9 Å². The fourth-order valence-corrected chi connectivity index (χ4v) is 2.16. The second kappa shape index (κ2) is 4.74. The Bertz CT molecular complexity index is 397. The van der Waals surface area contributed by atoms with Crippen molar-refractivity contribution < 1.29 is 9.18 Å². The first-order valence-electron chi connectivity index (χ1n) is 5.69. The summed E-state index contributed by atoms with van der Waals surface area (Å²) in [4.78, 5) is 12.2. The van der Waals surface area contributed by atoms with E-state index in [0.29, 0.717) is 5.56 Å². The van der Waals surface area contributed by atoms with Crippen molar-refractivity contribution >= 4 is 5.78 Å². The summed E-state index contributed by atoms with van der Waals surface area (Å²) >= 11 is 0. The van der Waals surface area contributed by atoms with Gasteiger partial charge in [0.05, 0.1) is 0 Å². The molecule has 0 amide bonds. The highest BCUT2D eigenvalue weighted by molar-refractivity contribution is 5.99. The highest BCUT2D eigenvalue weighted by atomic mass is 19.1. The van der Waals surface area contributed by atoms with Gasteiger partial charge in [0, 0.05) is 11.5 Å². The molecule has 1 fully saturated rings. The lowest BCUT2D eigenvalue weighted by Crippen LogP contribution is -2.32. The SMILES string of the molecule is Cc1ccc(F)cc1C(=O)C1CCNCC1. The summed E-state index contributed by atoms with van der Waals surface area (Å²) < 4.78 is 13.1. The summed E-state index contributed by atoms with van der Waals surface area (Å²) in [5.74, 6) is -0.178. The van der Waals surface area contributed by atoms with E-state index in [4.69, 9.17) is 0 Å². The van der Waals surface area contributed by atoms with Gasteiger partial charge >= 0.3 is 0 Å². The van der Waals surface area contributed by atoms with Gasteiger partial charge < -0.3 is 5.32 Å². The zero-order chi connectivity index (χ0) is 11.5. The second-order valence-electron chi connectivity index (χ2n) is 4.35. The lowest BCUT2D eigenvalue weighted by molar-refractivity contribution is 0.0894. The minimum absolute atomic E-state index is 0.0572. The van der Waals surface area contributed by atoms with Crippen LogP contribution in [0.25, 0.3) is 0 Å². The smallest absolute Gasteiger partial charge is 0.166 e. The van der Waals surface area contributed by atoms with Crippen LogP contribution in [0.3, 0.4) is 0 Å². The molecule has 1 heterocycles. The van der Waals surface area contributed by atoms with Crippen LogP contribution in [0.4, 0.5) is 4.39 Å². The number of halogens is 1. The largest absolute Gasteiger partial charge is 0.317 e. The van der Waals surface area contributed by atoms with E-state index in [-0.39, 0.29) is 17.5 Å². The van der Waals surface area contributed by atoms with Crippen molar-refractivity contribution in [3.8, 4) is 0 Å². The highest BCUT2D eigenvalue weighted by Gasteiger charge is 2.23. The van der Waals surface area contributed by atoms with E-state index >= 15 is 0 Å². The van der Waals surface area contributed by atoms with Gasteiger partial charge in [0.1, 0.15) is 5.82 Å². The molecule has 0 bridgehead atoms. The molecule has 0 atom stereocenters. The predicted molar refractivity (Wildman–Crippen MR) is 61.1 cm³/mol. The Morgan fingerprint density at radius 1 is 1.38 bits per heavy atom. The number of carbonyl (C=O) groups excluding carboxylic acids is 1.